The second-order valence-electron chi connectivity index (χ2n) is 4.43. The molecule has 3 nitrogen and oxygen atoms in total. The van der Waals surface area contributed by atoms with E-state index in [1.54, 1.807) is 12.3 Å². The van der Waals surface area contributed by atoms with Gasteiger partial charge in [0.2, 0.25) is 0 Å². The molecule has 1 unspecified atom stereocenters. The minimum absolute atomic E-state index is 0.0549. The molecule has 0 aliphatic heterocycles. The number of rotatable bonds is 4. The molecule has 2 rings (SSSR count). The lowest BCUT2D eigenvalue weighted by molar-refractivity contribution is 0.551. The summed E-state index contributed by atoms with van der Waals surface area (Å²) in [5, 5.41) is 1.20. The van der Waals surface area contributed by atoms with Gasteiger partial charge in [-0.15, -0.1) is 0 Å². The monoisotopic (exact) mass is 295 g/mol. The number of hydrogen-bond acceptors (Lipinski definition) is 3. The molecule has 100 valence electrons. The topological polar surface area (TPSA) is 50.9 Å². The van der Waals surface area contributed by atoms with Crippen molar-refractivity contribution in [1.82, 2.24) is 10.4 Å². The van der Waals surface area contributed by atoms with Gasteiger partial charge >= 0.3 is 0 Å². The van der Waals surface area contributed by atoms with Crippen LogP contribution in [0.2, 0.25) is 10.2 Å². The van der Waals surface area contributed by atoms with E-state index in [1.807, 2.05) is 31.2 Å². The molecule has 0 bridgehead atoms. The van der Waals surface area contributed by atoms with Crippen molar-refractivity contribution in [1.29, 1.82) is 0 Å². The molecule has 3 N–H and O–H groups in total. The van der Waals surface area contributed by atoms with E-state index < -0.39 is 0 Å². The first-order chi connectivity index (χ1) is 9.10. The molecule has 1 aromatic carbocycles. The fourth-order valence-corrected chi connectivity index (χ4v) is 2.44. The molecule has 0 fully saturated rings. The average Bonchev–Trinajstić information content (AvgIpc) is 2.38. The van der Waals surface area contributed by atoms with Crippen molar-refractivity contribution in [2.75, 3.05) is 0 Å². The van der Waals surface area contributed by atoms with Crippen LogP contribution in [0.3, 0.4) is 0 Å². The molecule has 0 amide bonds. The van der Waals surface area contributed by atoms with E-state index in [4.69, 9.17) is 29.0 Å². The normalized spacial score (nSPS) is 12.4. The summed E-state index contributed by atoms with van der Waals surface area (Å²) in [7, 11) is 0. The zero-order valence-corrected chi connectivity index (χ0v) is 12.0. The van der Waals surface area contributed by atoms with Crippen LogP contribution in [-0.2, 0) is 6.42 Å². The smallest absolute Gasteiger partial charge is 0.129 e. The van der Waals surface area contributed by atoms with Gasteiger partial charge in [-0.1, -0.05) is 35.3 Å². The van der Waals surface area contributed by atoms with E-state index in [0.717, 1.165) is 21.7 Å². The van der Waals surface area contributed by atoms with Crippen LogP contribution in [0.1, 0.15) is 22.7 Å². The fourth-order valence-electron chi connectivity index (χ4n) is 1.94. The number of nitrogens with one attached hydrogen (secondary N) is 1. The third kappa shape index (κ3) is 3.67. The zero-order valence-electron chi connectivity index (χ0n) is 10.5. The molecule has 1 heterocycles. The van der Waals surface area contributed by atoms with Gasteiger partial charge in [-0.2, -0.15) is 0 Å². The molecular formula is C14H15Cl2N3. The Labute approximate surface area is 122 Å². The molecule has 1 atom stereocenters. The third-order valence-electron chi connectivity index (χ3n) is 2.99. The number of hydrogen-bond donors (Lipinski definition) is 2. The molecule has 19 heavy (non-hydrogen) atoms. The summed E-state index contributed by atoms with van der Waals surface area (Å²) in [4.78, 5) is 3.96. The second kappa shape index (κ2) is 6.35. The van der Waals surface area contributed by atoms with E-state index in [0.29, 0.717) is 11.6 Å². The van der Waals surface area contributed by atoms with Gasteiger partial charge < -0.3 is 0 Å². The molecule has 0 aliphatic carbocycles. The Balaban J connectivity index is 2.24. The van der Waals surface area contributed by atoms with Crippen molar-refractivity contribution >= 4 is 23.2 Å². The van der Waals surface area contributed by atoms with Gasteiger partial charge in [0.15, 0.2) is 0 Å². The van der Waals surface area contributed by atoms with Crippen LogP contribution in [0.15, 0.2) is 36.5 Å². The van der Waals surface area contributed by atoms with Gasteiger partial charge in [0.1, 0.15) is 5.15 Å². The summed E-state index contributed by atoms with van der Waals surface area (Å²) in [6, 6.07) is 9.64. The number of aromatic nitrogens is 1. The highest BCUT2D eigenvalue weighted by Gasteiger charge is 2.13. The highest BCUT2D eigenvalue weighted by molar-refractivity contribution is 6.31. The molecule has 0 spiro atoms. The highest BCUT2D eigenvalue weighted by atomic mass is 35.5. The van der Waals surface area contributed by atoms with Gasteiger partial charge in [-0.05, 0) is 48.2 Å². The Hall–Kier alpha value is -1.13. The number of nitrogens with zero attached hydrogens (tertiary/aromatic N) is 1. The molecule has 5 heteroatoms. The standard InChI is InChI=1S/C14H15Cl2N3/c1-9-2-3-10(12(15)6-9)7-13(19-17)11-4-5-18-14(16)8-11/h2-6,8,13,19H,7,17H2,1H3. The van der Waals surface area contributed by atoms with Crippen molar-refractivity contribution in [2.45, 2.75) is 19.4 Å². The lowest BCUT2D eigenvalue weighted by atomic mass is 9.99. The Morgan fingerprint density at radius 1 is 1.26 bits per heavy atom. The van der Waals surface area contributed by atoms with Crippen LogP contribution in [0.25, 0.3) is 0 Å². The molecule has 0 aliphatic rings. The molecule has 2 aromatic rings. The molecule has 0 radical (unpaired) electrons. The summed E-state index contributed by atoms with van der Waals surface area (Å²) in [6.45, 7) is 2.01. The van der Waals surface area contributed by atoms with Crippen LogP contribution in [0, 0.1) is 6.92 Å². The predicted octanol–water partition coefficient (Wildman–Crippen LogP) is 3.44. The molecule has 0 saturated heterocycles. The van der Waals surface area contributed by atoms with Crippen LogP contribution in [-0.4, -0.2) is 4.98 Å². The van der Waals surface area contributed by atoms with Gasteiger partial charge in [0.25, 0.3) is 0 Å². The lowest BCUT2D eigenvalue weighted by Gasteiger charge is -2.17. The first-order valence-corrected chi connectivity index (χ1v) is 6.68. The maximum Gasteiger partial charge on any atom is 0.129 e. The number of pyridine rings is 1. The zero-order chi connectivity index (χ0) is 13.8. The quantitative estimate of drug-likeness (QED) is 0.516. The minimum Gasteiger partial charge on any atom is -0.271 e. The van der Waals surface area contributed by atoms with Crippen LogP contribution in [0.5, 0.6) is 0 Å². The van der Waals surface area contributed by atoms with Crippen molar-refractivity contribution in [3.8, 4) is 0 Å². The summed E-state index contributed by atoms with van der Waals surface area (Å²) in [5.74, 6) is 5.63. The summed E-state index contributed by atoms with van der Waals surface area (Å²) < 4.78 is 0. The number of hydrazine groups is 1. The number of aryl methyl sites for hydroxylation is 1. The van der Waals surface area contributed by atoms with Crippen LogP contribution < -0.4 is 11.3 Å². The van der Waals surface area contributed by atoms with E-state index in [1.165, 1.54) is 0 Å². The SMILES string of the molecule is Cc1ccc(CC(NN)c2ccnc(Cl)c2)c(Cl)c1. The Bertz CT molecular complexity index is 572. The largest absolute Gasteiger partial charge is 0.271 e. The lowest BCUT2D eigenvalue weighted by Crippen LogP contribution is -2.29. The first kappa shape index (κ1) is 14.3. The summed E-state index contributed by atoms with van der Waals surface area (Å²) >= 11 is 12.1. The minimum atomic E-state index is -0.0549. The Kier molecular flexibility index (Phi) is 4.77. The molecule has 0 saturated carbocycles. The van der Waals surface area contributed by atoms with Gasteiger partial charge in [0, 0.05) is 11.2 Å². The molecule has 1 aromatic heterocycles. The summed E-state index contributed by atoms with van der Waals surface area (Å²) in [6.07, 6.45) is 2.36. The molecular weight excluding hydrogens is 281 g/mol. The fraction of sp³-hybridized carbons (Fsp3) is 0.214. The number of nitrogens with two attached hydrogens (primary N) is 1. The number of benzene rings is 1. The van der Waals surface area contributed by atoms with Crippen LogP contribution in [0.4, 0.5) is 0 Å². The predicted molar refractivity (Wildman–Crippen MR) is 79.2 cm³/mol. The first-order valence-electron chi connectivity index (χ1n) is 5.92. The van der Waals surface area contributed by atoms with E-state index in [2.05, 4.69) is 10.4 Å². The third-order valence-corrected chi connectivity index (χ3v) is 3.55. The van der Waals surface area contributed by atoms with Gasteiger partial charge in [-0.25, -0.2) is 4.98 Å². The maximum absolute atomic E-state index is 6.24. The van der Waals surface area contributed by atoms with Crippen molar-refractivity contribution in [2.24, 2.45) is 5.84 Å². The van der Waals surface area contributed by atoms with Gasteiger partial charge in [0.05, 0.1) is 6.04 Å². The Morgan fingerprint density at radius 3 is 2.68 bits per heavy atom. The van der Waals surface area contributed by atoms with Crippen molar-refractivity contribution in [3.05, 3.63) is 63.4 Å². The highest BCUT2D eigenvalue weighted by Crippen LogP contribution is 2.24. The van der Waals surface area contributed by atoms with Crippen LogP contribution >= 0.6 is 23.2 Å². The van der Waals surface area contributed by atoms with E-state index in [-0.39, 0.29) is 6.04 Å². The van der Waals surface area contributed by atoms with E-state index >= 15 is 0 Å². The average molecular weight is 296 g/mol. The maximum atomic E-state index is 6.24. The summed E-state index contributed by atoms with van der Waals surface area (Å²) in [5.41, 5.74) is 5.96. The number of halogens is 2. The second-order valence-corrected chi connectivity index (χ2v) is 5.22. The van der Waals surface area contributed by atoms with E-state index in [9.17, 15) is 0 Å². The van der Waals surface area contributed by atoms with Gasteiger partial charge in [-0.3, -0.25) is 11.3 Å². The van der Waals surface area contributed by atoms with Crippen molar-refractivity contribution in [3.63, 3.8) is 0 Å². The van der Waals surface area contributed by atoms with Crippen molar-refractivity contribution < 1.29 is 0 Å². The Morgan fingerprint density at radius 2 is 2.05 bits per heavy atom.